The lowest BCUT2D eigenvalue weighted by Gasteiger charge is -2.24. The molecule has 0 radical (unpaired) electrons. The Morgan fingerprint density at radius 1 is 1.05 bits per heavy atom. The van der Waals surface area contributed by atoms with E-state index < -0.39 is 61.8 Å². The van der Waals surface area contributed by atoms with Gasteiger partial charge in [0.25, 0.3) is 0 Å². The zero-order chi connectivity index (χ0) is 27.6. The number of ether oxygens (including phenoxy) is 3. The van der Waals surface area contributed by atoms with E-state index in [4.69, 9.17) is 29.0 Å². The largest absolute Gasteiger partial charge is 0.438 e. The summed E-state index contributed by atoms with van der Waals surface area (Å²) in [4.78, 5) is 35.6. The molecule has 0 amide bonds. The molecule has 0 atom stereocenters. The third-order valence-electron chi connectivity index (χ3n) is 5.34. The summed E-state index contributed by atoms with van der Waals surface area (Å²) in [6.07, 6.45) is 2.04. The third-order valence-corrected chi connectivity index (χ3v) is 6.78. The van der Waals surface area contributed by atoms with Crippen LogP contribution >= 0.6 is 7.60 Å². The monoisotopic (exact) mass is 545 g/mol. The topological polar surface area (TPSA) is 167 Å². The smallest absolute Gasteiger partial charge is 0.361 e. The first-order valence-corrected chi connectivity index (χ1v) is 13.3. The maximum Gasteiger partial charge on any atom is 0.361 e. The van der Waals surface area contributed by atoms with Gasteiger partial charge in [-0.25, -0.2) is 4.98 Å². The average Bonchev–Trinajstić information content (AvgIpc) is 3.43. The maximum atomic E-state index is 14.0. The van der Waals surface area contributed by atoms with Crippen LogP contribution in [0.3, 0.4) is 0 Å². The van der Waals surface area contributed by atoms with E-state index in [1.807, 2.05) is 0 Å². The van der Waals surface area contributed by atoms with E-state index >= 15 is 0 Å². The van der Waals surface area contributed by atoms with Crippen molar-refractivity contribution in [3.8, 4) is 0 Å². The average molecular weight is 546 g/mol. The summed E-state index contributed by atoms with van der Waals surface area (Å²) in [5.74, 6) is -2.22. The van der Waals surface area contributed by atoms with Gasteiger partial charge in [-0.05, 0) is 54.4 Å². The van der Waals surface area contributed by atoms with Gasteiger partial charge in [0.2, 0.25) is 25.5 Å². The fourth-order valence-electron chi connectivity index (χ4n) is 2.92. The van der Waals surface area contributed by atoms with Gasteiger partial charge >= 0.3 is 19.5 Å². The molecule has 1 fully saturated rings. The minimum absolute atomic E-state index is 0.0383. The van der Waals surface area contributed by atoms with Crippen molar-refractivity contribution in [1.29, 1.82) is 0 Å². The summed E-state index contributed by atoms with van der Waals surface area (Å²) in [5.41, 5.74) is 3.33. The number of rotatable bonds is 11. The van der Waals surface area contributed by atoms with Crippen LogP contribution in [-0.4, -0.2) is 57.0 Å². The van der Waals surface area contributed by atoms with Gasteiger partial charge in [0.05, 0.1) is 29.3 Å². The normalized spacial score (nSPS) is 15.5. The quantitative estimate of drug-likeness (QED) is 0.189. The molecule has 2 aromatic rings. The molecule has 15 heteroatoms. The van der Waals surface area contributed by atoms with Crippen LogP contribution in [0.2, 0.25) is 0 Å². The van der Waals surface area contributed by atoms with E-state index in [-0.39, 0.29) is 23.7 Å². The molecule has 0 aromatic carbocycles. The molecule has 2 aromatic heterocycles. The summed E-state index contributed by atoms with van der Waals surface area (Å²) < 4.78 is 55.6. The highest BCUT2D eigenvalue weighted by molar-refractivity contribution is 7.53. The summed E-state index contributed by atoms with van der Waals surface area (Å²) in [7, 11) is -4.05. The van der Waals surface area contributed by atoms with Gasteiger partial charge in [-0.3, -0.25) is 23.2 Å². The van der Waals surface area contributed by atoms with Crippen molar-refractivity contribution in [3.63, 3.8) is 0 Å². The Labute approximate surface area is 213 Å². The second-order valence-corrected chi connectivity index (χ2v) is 12.8. The molecular formula is C22H33FN5O8P. The molecule has 0 saturated heterocycles. The molecule has 0 bridgehead atoms. The fourth-order valence-corrected chi connectivity index (χ4v) is 4.00. The number of nitrogen functional groups attached to an aromatic ring is 1. The highest BCUT2D eigenvalue weighted by Gasteiger charge is 2.47. The molecule has 1 aliphatic carbocycles. The molecule has 0 unspecified atom stereocenters. The lowest BCUT2D eigenvalue weighted by molar-refractivity contribution is -0.162. The van der Waals surface area contributed by atoms with E-state index in [0.717, 1.165) is 0 Å². The summed E-state index contributed by atoms with van der Waals surface area (Å²) >= 11 is 0. The minimum Gasteiger partial charge on any atom is -0.438 e. The molecule has 37 heavy (non-hydrogen) atoms. The number of aromatic nitrogens is 4. The molecule has 0 spiro atoms. The number of halogens is 1. The Morgan fingerprint density at radius 2 is 1.59 bits per heavy atom. The lowest BCUT2D eigenvalue weighted by atomic mass is 9.98. The molecule has 13 nitrogen and oxygen atoms in total. The number of carbonyl (C=O) groups is 2. The van der Waals surface area contributed by atoms with Crippen LogP contribution in [0.1, 0.15) is 54.4 Å². The van der Waals surface area contributed by atoms with Gasteiger partial charge in [-0.2, -0.15) is 14.4 Å². The number of esters is 2. The summed E-state index contributed by atoms with van der Waals surface area (Å²) in [6, 6.07) is 0. The van der Waals surface area contributed by atoms with Gasteiger partial charge in [0.1, 0.15) is 6.35 Å². The second kappa shape index (κ2) is 10.6. The van der Waals surface area contributed by atoms with E-state index in [9.17, 15) is 18.5 Å². The van der Waals surface area contributed by atoms with E-state index in [2.05, 4.69) is 15.0 Å². The van der Waals surface area contributed by atoms with Crippen LogP contribution in [-0.2, 0) is 44.0 Å². The van der Waals surface area contributed by atoms with Crippen molar-refractivity contribution in [2.75, 3.05) is 25.7 Å². The van der Waals surface area contributed by atoms with E-state index in [0.29, 0.717) is 12.8 Å². The fraction of sp³-hybridized carbons (Fsp3) is 0.682. The standard InChI is InChI=1S/C22H33FN5O8P/c1-20(2,3)17(29)32-11-35-37(31,36-12-33-18(30)21(4,5)6)13-34-22(7-8-22)9-28-10-25-14-15(23)26-19(24)27-16(14)28/h10H,7-9,11-13H2,1-6H3,(H2,24,26,27). The molecule has 206 valence electrons. The van der Waals surface area contributed by atoms with Gasteiger partial charge in [-0.1, -0.05) is 0 Å². The Morgan fingerprint density at radius 3 is 2.08 bits per heavy atom. The van der Waals surface area contributed by atoms with Crippen molar-refractivity contribution < 1.29 is 41.8 Å². The van der Waals surface area contributed by atoms with E-state index in [1.54, 1.807) is 46.1 Å². The first kappa shape index (κ1) is 28.9. The number of hydrogen-bond donors (Lipinski definition) is 1. The summed E-state index contributed by atoms with van der Waals surface area (Å²) in [5, 5.41) is 0. The van der Waals surface area contributed by atoms with Gasteiger partial charge in [0, 0.05) is 0 Å². The molecule has 2 heterocycles. The van der Waals surface area contributed by atoms with Crippen LogP contribution in [0, 0.1) is 16.8 Å². The Hall–Kier alpha value is -2.67. The summed E-state index contributed by atoms with van der Waals surface area (Å²) in [6.45, 7) is 8.82. The van der Waals surface area contributed by atoms with Gasteiger partial charge < -0.3 is 24.5 Å². The predicted octanol–water partition coefficient (Wildman–Crippen LogP) is 3.37. The lowest BCUT2D eigenvalue weighted by Crippen LogP contribution is -2.26. The van der Waals surface area contributed by atoms with Crippen molar-refractivity contribution in [2.24, 2.45) is 10.8 Å². The molecule has 2 N–H and O–H groups in total. The van der Waals surface area contributed by atoms with Crippen molar-refractivity contribution in [2.45, 2.75) is 66.5 Å². The Balaban J connectivity index is 1.67. The number of hydrogen-bond acceptors (Lipinski definition) is 12. The number of carbonyl (C=O) groups excluding carboxylic acids is 2. The molecule has 1 saturated carbocycles. The zero-order valence-electron chi connectivity index (χ0n) is 21.8. The first-order valence-electron chi connectivity index (χ1n) is 11.5. The number of anilines is 1. The van der Waals surface area contributed by atoms with Crippen LogP contribution in [0.5, 0.6) is 0 Å². The van der Waals surface area contributed by atoms with Crippen LogP contribution in [0.25, 0.3) is 11.2 Å². The molecule has 1 aliphatic rings. The van der Waals surface area contributed by atoms with Crippen LogP contribution < -0.4 is 5.73 Å². The third kappa shape index (κ3) is 7.67. The maximum absolute atomic E-state index is 14.0. The predicted molar refractivity (Wildman–Crippen MR) is 128 cm³/mol. The van der Waals surface area contributed by atoms with Gasteiger partial charge in [-0.15, -0.1) is 0 Å². The molecule has 0 aliphatic heterocycles. The zero-order valence-corrected chi connectivity index (χ0v) is 22.7. The highest BCUT2D eigenvalue weighted by Crippen LogP contribution is 2.52. The van der Waals surface area contributed by atoms with Crippen molar-refractivity contribution >= 4 is 36.6 Å². The van der Waals surface area contributed by atoms with Gasteiger partial charge in [0.15, 0.2) is 11.2 Å². The molecular weight excluding hydrogens is 512 g/mol. The number of fused-ring (bicyclic) bond motifs is 1. The minimum atomic E-state index is -4.05. The van der Waals surface area contributed by atoms with Crippen molar-refractivity contribution in [1.82, 2.24) is 19.5 Å². The number of nitrogens with two attached hydrogens (primary N) is 1. The molecule has 3 rings (SSSR count). The van der Waals surface area contributed by atoms with Crippen LogP contribution in [0.4, 0.5) is 10.3 Å². The Bertz CT molecular complexity index is 1170. The van der Waals surface area contributed by atoms with Crippen molar-refractivity contribution in [3.05, 3.63) is 12.3 Å². The van der Waals surface area contributed by atoms with E-state index in [1.165, 1.54) is 6.33 Å². The Kier molecular flexibility index (Phi) is 8.28. The number of imidazole rings is 1. The number of nitrogens with zero attached hydrogens (tertiary/aromatic N) is 4. The first-order chi connectivity index (χ1) is 17.0. The SMILES string of the molecule is CC(C)(C)C(=O)OCOP(=O)(COC1(Cn2cnc3c(F)nc(N)nc32)CC1)OCOC(=O)C(C)(C)C. The second-order valence-electron chi connectivity index (χ2n) is 10.8. The highest BCUT2D eigenvalue weighted by atomic mass is 31.2. The van der Waals surface area contributed by atoms with Crippen LogP contribution in [0.15, 0.2) is 6.33 Å².